The van der Waals surface area contributed by atoms with Gasteiger partial charge in [0, 0.05) is 47.9 Å². The minimum Gasteiger partial charge on any atom is -0.348 e. The molecule has 6 heteroatoms. The first-order valence-electron chi connectivity index (χ1n) is 11.3. The van der Waals surface area contributed by atoms with Crippen molar-refractivity contribution in [2.75, 3.05) is 6.54 Å². The summed E-state index contributed by atoms with van der Waals surface area (Å²) in [7, 11) is 0. The summed E-state index contributed by atoms with van der Waals surface area (Å²) >= 11 is 0. The standard InChI is InChI=1S/C12H12N2O.C11H9NO.C5H6O/c1-2-14-7-8-6-13-12(15)9-4-3-5-10(14)11(8)9;13-11-9-3-1-2-7-4-5-8(6-12-11)10(7)9;1-2-3-4-5-6/h3-5,7H,2,6H2,1H3,(H,13,15);1-3,5H,4,6H2,(H,12,13);2-5H,1H2/b;;4-3+. The second kappa shape index (κ2) is 10.2. The number of allylic oxidation sites excluding steroid dienone is 4. The molecular formula is C28H27N3O3. The Morgan fingerprint density at radius 3 is 2.44 bits per heavy atom. The fourth-order valence-electron chi connectivity index (χ4n) is 4.52. The van der Waals surface area contributed by atoms with E-state index in [1.54, 1.807) is 12.2 Å². The zero-order valence-corrected chi connectivity index (χ0v) is 19.1. The minimum atomic E-state index is 0.0435. The number of aromatic nitrogens is 1. The van der Waals surface area contributed by atoms with Crippen LogP contribution >= 0.6 is 0 Å². The molecule has 0 fully saturated rings. The molecule has 0 saturated heterocycles. The van der Waals surface area contributed by atoms with Crippen LogP contribution < -0.4 is 10.6 Å². The van der Waals surface area contributed by atoms with E-state index in [2.05, 4.69) is 53.1 Å². The molecular weight excluding hydrogens is 426 g/mol. The number of rotatable bonds is 3. The van der Waals surface area contributed by atoms with Gasteiger partial charge >= 0.3 is 0 Å². The first-order valence-corrected chi connectivity index (χ1v) is 11.3. The molecule has 2 amide bonds. The van der Waals surface area contributed by atoms with Gasteiger partial charge < -0.3 is 15.2 Å². The Balaban J connectivity index is 0.000000132. The Morgan fingerprint density at radius 2 is 1.71 bits per heavy atom. The molecule has 6 rings (SSSR count). The number of benzene rings is 2. The van der Waals surface area contributed by atoms with Gasteiger partial charge in [-0.3, -0.25) is 14.4 Å². The van der Waals surface area contributed by atoms with Crippen molar-refractivity contribution in [3.8, 4) is 0 Å². The average molecular weight is 454 g/mol. The molecule has 3 aliphatic rings. The topological polar surface area (TPSA) is 80.2 Å². The van der Waals surface area contributed by atoms with Crippen LogP contribution in [0.25, 0.3) is 16.5 Å². The van der Waals surface area contributed by atoms with Crippen LogP contribution in [0.1, 0.15) is 44.3 Å². The van der Waals surface area contributed by atoms with Crippen LogP contribution in [0.4, 0.5) is 0 Å². The van der Waals surface area contributed by atoms with Crippen molar-refractivity contribution in [1.29, 1.82) is 0 Å². The maximum atomic E-state index is 11.6. The number of nitrogens with one attached hydrogen (secondary N) is 2. The summed E-state index contributed by atoms with van der Waals surface area (Å²) < 4.78 is 2.19. The van der Waals surface area contributed by atoms with E-state index in [1.165, 1.54) is 33.9 Å². The summed E-state index contributed by atoms with van der Waals surface area (Å²) in [5, 5.41) is 6.88. The van der Waals surface area contributed by atoms with Gasteiger partial charge in [0.2, 0.25) is 0 Å². The number of carbonyl (C=O) groups excluding carboxylic acids is 3. The number of aldehydes is 1. The van der Waals surface area contributed by atoms with Gasteiger partial charge in [-0.15, -0.1) is 0 Å². The number of hydrogen-bond acceptors (Lipinski definition) is 3. The third-order valence-corrected chi connectivity index (χ3v) is 6.06. The third-order valence-electron chi connectivity index (χ3n) is 6.06. The van der Waals surface area contributed by atoms with E-state index >= 15 is 0 Å². The zero-order valence-electron chi connectivity index (χ0n) is 19.1. The number of hydrogen-bond donors (Lipinski definition) is 2. The van der Waals surface area contributed by atoms with Crippen molar-refractivity contribution < 1.29 is 14.4 Å². The lowest BCUT2D eigenvalue weighted by Crippen LogP contribution is -2.30. The van der Waals surface area contributed by atoms with E-state index < -0.39 is 0 Å². The molecule has 0 saturated carbocycles. The first kappa shape index (κ1) is 23.0. The Labute approximate surface area is 198 Å². The number of nitrogens with zero attached hydrogens (tertiary/aromatic N) is 1. The summed E-state index contributed by atoms with van der Waals surface area (Å²) in [6.45, 7) is 7.75. The highest BCUT2D eigenvalue weighted by Gasteiger charge is 2.25. The third kappa shape index (κ3) is 4.35. The molecule has 1 aliphatic carbocycles. The molecule has 2 N–H and O–H groups in total. The summed E-state index contributed by atoms with van der Waals surface area (Å²) in [5.41, 5.74) is 7.80. The molecule has 2 aromatic carbocycles. The molecule has 172 valence electrons. The predicted molar refractivity (Wildman–Crippen MR) is 135 cm³/mol. The fraction of sp³-hybridized carbons (Fsp3) is 0.179. The first-order chi connectivity index (χ1) is 16.6. The quantitative estimate of drug-likeness (QED) is 0.354. The van der Waals surface area contributed by atoms with Crippen molar-refractivity contribution in [3.05, 3.63) is 101 Å². The van der Waals surface area contributed by atoms with Gasteiger partial charge in [0.05, 0.1) is 0 Å². The molecule has 0 bridgehead atoms. The van der Waals surface area contributed by atoms with Crippen molar-refractivity contribution in [3.63, 3.8) is 0 Å². The molecule has 2 aliphatic heterocycles. The fourth-order valence-corrected chi connectivity index (χ4v) is 4.52. The van der Waals surface area contributed by atoms with E-state index in [0.717, 1.165) is 29.5 Å². The number of amides is 2. The Kier molecular flexibility index (Phi) is 6.87. The van der Waals surface area contributed by atoms with Gasteiger partial charge in [0.1, 0.15) is 6.29 Å². The largest absolute Gasteiger partial charge is 0.348 e. The molecule has 1 aromatic heterocycles. The van der Waals surface area contributed by atoms with Gasteiger partial charge in [0.15, 0.2) is 0 Å². The van der Waals surface area contributed by atoms with Crippen LogP contribution in [-0.2, 0) is 24.3 Å². The normalized spacial score (nSPS) is 14.7. The lowest BCUT2D eigenvalue weighted by molar-refractivity contribution is -0.104. The molecule has 0 radical (unpaired) electrons. The van der Waals surface area contributed by atoms with Gasteiger partial charge in [-0.05, 0) is 59.9 Å². The predicted octanol–water partition coefficient (Wildman–Crippen LogP) is 4.20. The van der Waals surface area contributed by atoms with Crippen LogP contribution in [0.2, 0.25) is 0 Å². The monoisotopic (exact) mass is 453 g/mol. The summed E-state index contributed by atoms with van der Waals surface area (Å²) in [5.74, 6) is 0.109. The maximum absolute atomic E-state index is 11.6. The van der Waals surface area contributed by atoms with E-state index in [0.29, 0.717) is 19.4 Å². The Hall–Kier alpha value is -4.19. The van der Waals surface area contributed by atoms with E-state index in [9.17, 15) is 14.4 Å². The van der Waals surface area contributed by atoms with Crippen LogP contribution in [-0.4, -0.2) is 29.2 Å². The molecule has 6 nitrogen and oxygen atoms in total. The van der Waals surface area contributed by atoms with Crippen LogP contribution in [0.5, 0.6) is 0 Å². The van der Waals surface area contributed by atoms with Gasteiger partial charge in [-0.25, -0.2) is 0 Å². The van der Waals surface area contributed by atoms with Crippen molar-refractivity contribution in [2.24, 2.45) is 0 Å². The van der Waals surface area contributed by atoms with Gasteiger partial charge in [-0.2, -0.15) is 0 Å². The number of aryl methyl sites for hydroxylation is 1. The van der Waals surface area contributed by atoms with Gasteiger partial charge in [0.25, 0.3) is 11.8 Å². The zero-order chi connectivity index (χ0) is 24.1. The SMILES string of the molecule is C=C/C=C/C=O.CCn1cc2c3c(cccc31)C(=O)NC2.O=C1NCC2=CCc3cccc1c32. The molecule has 34 heavy (non-hydrogen) atoms. The highest BCUT2D eigenvalue weighted by Crippen LogP contribution is 2.32. The van der Waals surface area contributed by atoms with Crippen molar-refractivity contribution in [2.45, 2.75) is 26.4 Å². The second-order valence-electron chi connectivity index (χ2n) is 8.04. The smallest absolute Gasteiger partial charge is 0.252 e. The van der Waals surface area contributed by atoms with E-state index in [4.69, 9.17) is 0 Å². The average Bonchev–Trinajstić information content (AvgIpc) is 3.46. The second-order valence-corrected chi connectivity index (χ2v) is 8.04. The summed E-state index contributed by atoms with van der Waals surface area (Å²) in [4.78, 5) is 32.6. The lowest BCUT2D eigenvalue weighted by atomic mass is 9.95. The van der Waals surface area contributed by atoms with Gasteiger partial charge in [-0.1, -0.05) is 43.0 Å². The summed E-state index contributed by atoms with van der Waals surface area (Å²) in [6, 6.07) is 11.9. The van der Waals surface area contributed by atoms with Crippen LogP contribution in [0, 0.1) is 0 Å². The van der Waals surface area contributed by atoms with Crippen molar-refractivity contribution >= 4 is 34.6 Å². The van der Waals surface area contributed by atoms with Crippen molar-refractivity contribution in [1.82, 2.24) is 15.2 Å². The number of carbonyl (C=O) groups is 3. The Bertz CT molecular complexity index is 1330. The lowest BCUT2D eigenvalue weighted by Gasteiger charge is -2.18. The molecule has 0 unspecified atom stereocenters. The highest BCUT2D eigenvalue weighted by atomic mass is 16.2. The molecule has 0 atom stereocenters. The maximum Gasteiger partial charge on any atom is 0.252 e. The van der Waals surface area contributed by atoms with Crippen LogP contribution in [0.15, 0.2) is 73.5 Å². The van der Waals surface area contributed by atoms with E-state index in [-0.39, 0.29) is 11.8 Å². The highest BCUT2D eigenvalue weighted by molar-refractivity contribution is 6.09. The summed E-state index contributed by atoms with van der Waals surface area (Å²) in [6.07, 6.45) is 10.5. The van der Waals surface area contributed by atoms with Crippen LogP contribution in [0.3, 0.4) is 0 Å². The van der Waals surface area contributed by atoms with E-state index in [1.807, 2.05) is 24.3 Å². The minimum absolute atomic E-state index is 0.0435. The Morgan fingerprint density at radius 1 is 0.971 bits per heavy atom. The molecule has 3 heterocycles. The molecule has 3 aromatic rings. The molecule has 0 spiro atoms.